The number of benzene rings is 1. The molecule has 2 aromatic rings. The molecular formula is C24H28N6O2. The lowest BCUT2D eigenvalue weighted by atomic mass is 9.72. The van der Waals surface area contributed by atoms with Crippen molar-refractivity contribution in [1.29, 1.82) is 0 Å². The maximum absolute atomic E-state index is 10.9. The van der Waals surface area contributed by atoms with Crippen LogP contribution < -0.4 is 15.8 Å². The lowest BCUT2D eigenvalue weighted by Gasteiger charge is -2.47. The minimum absolute atomic E-state index is 0.213. The molecule has 0 bridgehead atoms. The molecule has 8 heteroatoms. The Kier molecular flexibility index (Phi) is 4.87. The van der Waals surface area contributed by atoms with Crippen LogP contribution in [-0.4, -0.2) is 45.3 Å². The summed E-state index contributed by atoms with van der Waals surface area (Å²) in [6, 6.07) is 12.7. The second-order valence-corrected chi connectivity index (χ2v) is 8.96. The van der Waals surface area contributed by atoms with Crippen molar-refractivity contribution in [3.8, 4) is 0 Å². The van der Waals surface area contributed by atoms with E-state index in [4.69, 9.17) is 4.74 Å². The number of allylic oxidation sites excluding steroid dienone is 1. The Morgan fingerprint density at radius 2 is 2.12 bits per heavy atom. The lowest BCUT2D eigenvalue weighted by molar-refractivity contribution is -0.0898. The van der Waals surface area contributed by atoms with E-state index < -0.39 is 0 Å². The first kappa shape index (κ1) is 19.4. The fourth-order valence-corrected chi connectivity index (χ4v) is 5.16. The van der Waals surface area contributed by atoms with E-state index in [1.54, 1.807) is 11.3 Å². The first-order valence-electron chi connectivity index (χ1n) is 11.4. The van der Waals surface area contributed by atoms with Gasteiger partial charge in [0.2, 0.25) is 5.88 Å². The number of nitrogens with one attached hydrogen (secondary N) is 2. The fraction of sp³-hybridized carbons (Fsp3) is 0.417. The van der Waals surface area contributed by atoms with E-state index in [-0.39, 0.29) is 5.88 Å². The largest absolute Gasteiger partial charge is 0.493 e. The number of hydrogen-bond donors (Lipinski definition) is 3. The maximum Gasteiger partial charge on any atom is 0.217 e. The van der Waals surface area contributed by atoms with Gasteiger partial charge in [0.15, 0.2) is 5.82 Å². The Bertz CT molecular complexity index is 1060. The summed E-state index contributed by atoms with van der Waals surface area (Å²) in [5.74, 6) is 2.17. The summed E-state index contributed by atoms with van der Waals surface area (Å²) in [7, 11) is 0. The van der Waals surface area contributed by atoms with Gasteiger partial charge in [-0.3, -0.25) is 5.43 Å². The normalized spacial score (nSPS) is 26.6. The Morgan fingerprint density at radius 1 is 1.22 bits per heavy atom. The van der Waals surface area contributed by atoms with Crippen molar-refractivity contribution in [1.82, 2.24) is 20.3 Å². The third-order valence-corrected chi connectivity index (χ3v) is 6.94. The second kappa shape index (κ2) is 8.02. The molecule has 1 aromatic heterocycles. The topological polar surface area (TPSA) is 85.8 Å². The molecule has 6 rings (SSSR count). The van der Waals surface area contributed by atoms with Crippen LogP contribution in [0.5, 0.6) is 0 Å². The summed E-state index contributed by atoms with van der Waals surface area (Å²) in [6.45, 7) is 2.59. The van der Waals surface area contributed by atoms with Gasteiger partial charge in [0, 0.05) is 49.5 Å². The molecule has 0 amide bonds. The standard InChI is InChI=1S/C24H28N6O2/c31-24-18-8-9-29(13-16-5-2-1-3-6-16)14-20(18)28-30(24)23-12-22(25-15-26-23)27-19-11-21-17(19)7-4-10-32-21/h1-3,5-6,12,14-15,17,19,21,28,31H,4,7-11,13H2,(H,25,26,27). The molecule has 4 heterocycles. The van der Waals surface area contributed by atoms with E-state index in [1.165, 1.54) is 12.0 Å². The summed E-state index contributed by atoms with van der Waals surface area (Å²) in [5.41, 5.74) is 6.42. The van der Waals surface area contributed by atoms with Crippen LogP contribution in [0, 0.1) is 5.92 Å². The average Bonchev–Trinajstić information content (AvgIpc) is 3.14. The molecule has 3 aliphatic heterocycles. The maximum atomic E-state index is 10.9. The van der Waals surface area contributed by atoms with Crippen molar-refractivity contribution in [2.75, 3.05) is 23.5 Å². The van der Waals surface area contributed by atoms with Crippen molar-refractivity contribution >= 4 is 11.6 Å². The number of nitrogens with zero attached hydrogens (tertiary/aromatic N) is 4. The van der Waals surface area contributed by atoms with Gasteiger partial charge in [-0.15, -0.1) is 0 Å². The highest BCUT2D eigenvalue weighted by molar-refractivity contribution is 5.57. The number of rotatable bonds is 5. The highest BCUT2D eigenvalue weighted by Crippen LogP contribution is 2.39. The van der Waals surface area contributed by atoms with Gasteiger partial charge in [0.1, 0.15) is 12.1 Å². The van der Waals surface area contributed by atoms with E-state index in [2.05, 4.69) is 56.1 Å². The van der Waals surface area contributed by atoms with Crippen LogP contribution in [0.1, 0.15) is 31.2 Å². The Labute approximate surface area is 187 Å². The van der Waals surface area contributed by atoms with Gasteiger partial charge in [-0.05, 0) is 31.2 Å². The summed E-state index contributed by atoms with van der Waals surface area (Å²) < 4.78 is 5.82. The smallest absolute Gasteiger partial charge is 0.217 e. The monoisotopic (exact) mass is 432 g/mol. The molecule has 32 heavy (non-hydrogen) atoms. The minimum atomic E-state index is 0.213. The van der Waals surface area contributed by atoms with Crippen LogP contribution in [0.4, 0.5) is 11.6 Å². The fourth-order valence-electron chi connectivity index (χ4n) is 5.16. The molecule has 0 radical (unpaired) electrons. The van der Waals surface area contributed by atoms with Crippen molar-refractivity contribution in [3.05, 3.63) is 71.6 Å². The first-order valence-corrected chi connectivity index (χ1v) is 11.4. The predicted molar refractivity (Wildman–Crippen MR) is 121 cm³/mol. The average molecular weight is 433 g/mol. The first-order chi connectivity index (χ1) is 15.7. The van der Waals surface area contributed by atoms with Crippen molar-refractivity contribution in [2.24, 2.45) is 5.92 Å². The second-order valence-electron chi connectivity index (χ2n) is 8.96. The number of hydrogen-bond acceptors (Lipinski definition) is 8. The van der Waals surface area contributed by atoms with Crippen LogP contribution in [0.2, 0.25) is 0 Å². The van der Waals surface area contributed by atoms with Crippen molar-refractivity contribution in [3.63, 3.8) is 0 Å². The molecule has 3 unspecified atom stereocenters. The number of aliphatic hydroxyl groups is 1. The van der Waals surface area contributed by atoms with E-state index >= 15 is 0 Å². The zero-order valence-electron chi connectivity index (χ0n) is 17.9. The molecule has 3 atom stereocenters. The number of ether oxygens (including phenoxy) is 1. The third kappa shape index (κ3) is 3.54. The van der Waals surface area contributed by atoms with Gasteiger partial charge >= 0.3 is 0 Å². The number of anilines is 2. The van der Waals surface area contributed by atoms with Crippen LogP contribution in [0.3, 0.4) is 0 Å². The van der Waals surface area contributed by atoms with Crippen LogP contribution in [0.25, 0.3) is 0 Å². The van der Waals surface area contributed by atoms with Gasteiger partial charge in [-0.2, -0.15) is 0 Å². The third-order valence-electron chi connectivity index (χ3n) is 6.94. The van der Waals surface area contributed by atoms with E-state index in [0.717, 1.165) is 56.0 Å². The lowest BCUT2D eigenvalue weighted by Crippen LogP contribution is -2.53. The molecule has 4 aliphatic rings. The predicted octanol–water partition coefficient (Wildman–Crippen LogP) is 3.30. The van der Waals surface area contributed by atoms with Gasteiger partial charge < -0.3 is 20.1 Å². The number of hydrazine groups is 1. The van der Waals surface area contributed by atoms with Crippen molar-refractivity contribution < 1.29 is 9.84 Å². The quantitative estimate of drug-likeness (QED) is 0.664. The Morgan fingerprint density at radius 3 is 3.00 bits per heavy atom. The zero-order valence-corrected chi connectivity index (χ0v) is 17.9. The molecule has 2 fully saturated rings. The Hall–Kier alpha value is -3.26. The molecule has 1 aromatic carbocycles. The van der Waals surface area contributed by atoms with E-state index in [9.17, 15) is 5.11 Å². The van der Waals surface area contributed by atoms with E-state index in [1.807, 2.05) is 12.1 Å². The molecule has 3 N–H and O–H groups in total. The number of aromatic nitrogens is 2. The SMILES string of the molecule is OC1=C2CCN(Cc3ccccc3)C=C2NN1c1cc(NC2CC3OCCCC23)ncn1. The summed E-state index contributed by atoms with van der Waals surface area (Å²) in [4.78, 5) is 11.1. The molecule has 166 valence electrons. The van der Waals surface area contributed by atoms with Crippen molar-refractivity contribution in [2.45, 2.75) is 44.4 Å². The van der Waals surface area contributed by atoms with Crippen LogP contribution in [0.15, 0.2) is 66.1 Å². The van der Waals surface area contributed by atoms with Gasteiger partial charge in [-0.25, -0.2) is 15.0 Å². The minimum Gasteiger partial charge on any atom is -0.493 e. The molecule has 1 saturated heterocycles. The molecular weight excluding hydrogens is 404 g/mol. The van der Waals surface area contributed by atoms with Gasteiger partial charge in [-0.1, -0.05) is 30.3 Å². The summed E-state index contributed by atoms with van der Waals surface area (Å²) in [6.07, 6.45) is 8.15. The van der Waals surface area contributed by atoms with Crippen LogP contribution >= 0.6 is 0 Å². The molecule has 8 nitrogen and oxygen atoms in total. The molecule has 1 saturated carbocycles. The highest BCUT2D eigenvalue weighted by atomic mass is 16.5. The zero-order chi connectivity index (χ0) is 21.5. The highest BCUT2D eigenvalue weighted by Gasteiger charge is 2.43. The van der Waals surface area contributed by atoms with Gasteiger partial charge in [0.05, 0.1) is 11.8 Å². The number of fused-ring (bicyclic) bond motifs is 2. The Balaban J connectivity index is 1.16. The summed E-state index contributed by atoms with van der Waals surface area (Å²) in [5, 5.41) is 16.1. The van der Waals surface area contributed by atoms with E-state index in [0.29, 0.717) is 23.9 Å². The summed E-state index contributed by atoms with van der Waals surface area (Å²) >= 11 is 0. The number of aliphatic hydroxyl groups excluding tert-OH is 1. The molecule has 1 aliphatic carbocycles. The van der Waals surface area contributed by atoms with Crippen LogP contribution in [-0.2, 0) is 11.3 Å². The molecule has 0 spiro atoms. The van der Waals surface area contributed by atoms with Gasteiger partial charge in [0.25, 0.3) is 0 Å².